The van der Waals surface area contributed by atoms with Crippen molar-refractivity contribution in [2.24, 2.45) is 11.8 Å². The lowest BCUT2D eigenvalue weighted by atomic mass is 9.87. The second-order valence-corrected chi connectivity index (χ2v) is 7.95. The fraction of sp³-hybridized carbons (Fsp3) is 0.864. The fourth-order valence-electron chi connectivity index (χ4n) is 3.35. The molecule has 2 saturated heterocycles. The van der Waals surface area contributed by atoms with Gasteiger partial charge < -0.3 is 24.1 Å². The molecule has 8 nitrogen and oxygen atoms in total. The first-order valence-electron chi connectivity index (χ1n) is 9.74. The monoisotopic (exact) mass is 434 g/mol. The highest BCUT2D eigenvalue weighted by molar-refractivity contribution is 5.77. The quantitative estimate of drug-likeness (QED) is 0.528. The van der Waals surface area contributed by atoms with E-state index in [2.05, 4.69) is 0 Å². The Morgan fingerprint density at radius 1 is 0.967 bits per heavy atom. The molecule has 0 amide bonds. The molecule has 7 atom stereocenters. The van der Waals surface area contributed by atoms with Crippen molar-refractivity contribution in [1.29, 1.82) is 0 Å². The zero-order chi connectivity index (χ0) is 21.9. The Morgan fingerprint density at radius 2 is 1.43 bits per heavy atom. The molecular formula is C22H42O8. The minimum absolute atomic E-state index is 0. The van der Waals surface area contributed by atoms with Crippen molar-refractivity contribution in [3.8, 4) is 0 Å². The number of ether oxygens (including phenoxy) is 4. The lowest BCUT2D eigenvalue weighted by molar-refractivity contribution is -0.202. The van der Waals surface area contributed by atoms with E-state index < -0.39 is 47.6 Å². The van der Waals surface area contributed by atoms with E-state index in [1.165, 1.54) is 13.8 Å². The Hall–Kier alpha value is -1.67. The second-order valence-electron chi connectivity index (χ2n) is 7.95. The topological polar surface area (TPSA) is 108 Å². The zero-order valence-corrected chi connectivity index (χ0v) is 18.1. The molecule has 0 aromatic carbocycles. The van der Waals surface area contributed by atoms with Gasteiger partial charge in [-0.05, 0) is 26.7 Å². The molecule has 2 heterocycles. The maximum absolute atomic E-state index is 11.1. The van der Waals surface area contributed by atoms with Crippen molar-refractivity contribution in [3.05, 3.63) is 0 Å². The van der Waals surface area contributed by atoms with Crippen LogP contribution in [0.25, 0.3) is 0 Å². The zero-order valence-electron chi connectivity index (χ0n) is 18.1. The van der Waals surface area contributed by atoms with Gasteiger partial charge in [0, 0.05) is 25.7 Å². The van der Waals surface area contributed by atoms with Gasteiger partial charge in [0.2, 0.25) is 6.29 Å². The molecule has 2 fully saturated rings. The molecule has 2 rings (SSSR count). The molecule has 0 saturated carbocycles. The number of rotatable bonds is 4. The molecule has 0 radical (unpaired) electrons. The number of hydrogen-bond donors (Lipinski definition) is 1. The van der Waals surface area contributed by atoms with Crippen molar-refractivity contribution >= 4 is 17.9 Å². The van der Waals surface area contributed by atoms with Crippen LogP contribution in [0, 0.1) is 11.8 Å². The van der Waals surface area contributed by atoms with Gasteiger partial charge in [-0.25, -0.2) is 4.79 Å². The Kier molecular flexibility index (Phi) is 11.9. The SMILES string of the molecule is C.C.CC[C@@]1(C)OC(=O)[C@H](O)[C@@H]1C.CC[C@@]1(C)OC(OC(C)=O)[C@H](OC(C)=O)[C@@H]1C. The molecule has 0 aromatic rings. The van der Waals surface area contributed by atoms with Crippen LogP contribution in [-0.4, -0.2) is 52.7 Å². The molecule has 0 bridgehead atoms. The Morgan fingerprint density at radius 3 is 1.73 bits per heavy atom. The van der Waals surface area contributed by atoms with Crippen LogP contribution in [0.2, 0.25) is 0 Å². The number of hydrogen-bond acceptors (Lipinski definition) is 8. The van der Waals surface area contributed by atoms with Crippen LogP contribution in [0.1, 0.15) is 83.1 Å². The lowest BCUT2D eigenvalue weighted by Crippen LogP contribution is -2.35. The van der Waals surface area contributed by atoms with Crippen molar-refractivity contribution < 1.29 is 38.4 Å². The summed E-state index contributed by atoms with van der Waals surface area (Å²) in [6.07, 6.45) is -0.779. The summed E-state index contributed by atoms with van der Waals surface area (Å²) < 4.78 is 21.0. The van der Waals surface area contributed by atoms with E-state index in [1.54, 1.807) is 0 Å². The predicted molar refractivity (Wildman–Crippen MR) is 113 cm³/mol. The summed E-state index contributed by atoms with van der Waals surface area (Å²) in [5, 5.41) is 9.26. The van der Waals surface area contributed by atoms with Crippen molar-refractivity contribution in [2.45, 2.75) is 113 Å². The molecule has 0 aliphatic carbocycles. The van der Waals surface area contributed by atoms with Gasteiger partial charge >= 0.3 is 17.9 Å². The van der Waals surface area contributed by atoms with E-state index in [0.29, 0.717) is 0 Å². The Balaban J connectivity index is 0. The average molecular weight is 435 g/mol. The molecule has 0 spiro atoms. The largest absolute Gasteiger partial charge is 0.457 e. The van der Waals surface area contributed by atoms with Gasteiger partial charge in [0.1, 0.15) is 5.60 Å². The van der Waals surface area contributed by atoms with E-state index >= 15 is 0 Å². The fourth-order valence-corrected chi connectivity index (χ4v) is 3.35. The first kappa shape index (κ1) is 30.5. The molecule has 1 unspecified atom stereocenters. The van der Waals surface area contributed by atoms with Crippen molar-refractivity contribution in [3.63, 3.8) is 0 Å². The summed E-state index contributed by atoms with van der Waals surface area (Å²) in [5.41, 5.74) is -0.906. The van der Waals surface area contributed by atoms with E-state index in [9.17, 15) is 19.5 Å². The molecule has 178 valence electrons. The van der Waals surface area contributed by atoms with Gasteiger partial charge in [-0.1, -0.05) is 42.5 Å². The normalized spacial score (nSPS) is 37.0. The van der Waals surface area contributed by atoms with Crippen LogP contribution in [0.4, 0.5) is 0 Å². The van der Waals surface area contributed by atoms with Crippen LogP contribution in [0.15, 0.2) is 0 Å². The van der Waals surface area contributed by atoms with Crippen LogP contribution >= 0.6 is 0 Å². The van der Waals surface area contributed by atoms with Crippen LogP contribution in [0.5, 0.6) is 0 Å². The number of esters is 3. The summed E-state index contributed by atoms with van der Waals surface area (Å²) in [7, 11) is 0. The Labute approximate surface area is 181 Å². The van der Waals surface area contributed by atoms with Crippen LogP contribution in [0.3, 0.4) is 0 Å². The minimum atomic E-state index is -0.931. The standard InChI is InChI=1S/C12H20O5.C8H14O3.2CH4/c1-6-12(5)7(2)10(15-8(3)13)11(17-12)16-9(4)14;1-4-8(3)5(2)6(9)7(10)11-8;;/h7,10-11H,6H2,1-5H3;5-6,9H,4H2,1-3H3;2*1H4/t7-,10+,11?,12+;5-,6+,8+;;/m00../s1. The first-order valence-corrected chi connectivity index (χ1v) is 9.74. The van der Waals surface area contributed by atoms with E-state index in [0.717, 1.165) is 12.8 Å². The number of aliphatic hydroxyl groups excluding tert-OH is 1. The molecular weight excluding hydrogens is 392 g/mol. The highest BCUT2D eigenvalue weighted by Gasteiger charge is 2.52. The van der Waals surface area contributed by atoms with Gasteiger partial charge in [0.05, 0.1) is 5.60 Å². The molecule has 2 aliphatic heterocycles. The highest BCUT2D eigenvalue weighted by Crippen LogP contribution is 2.40. The van der Waals surface area contributed by atoms with Gasteiger partial charge in [-0.2, -0.15) is 0 Å². The summed E-state index contributed by atoms with van der Waals surface area (Å²) in [6, 6.07) is 0. The smallest absolute Gasteiger partial charge is 0.335 e. The van der Waals surface area contributed by atoms with Crippen LogP contribution < -0.4 is 0 Å². The summed E-state index contributed by atoms with van der Waals surface area (Å²) in [4.78, 5) is 32.9. The second kappa shape index (κ2) is 11.6. The third-order valence-corrected chi connectivity index (χ3v) is 6.11. The predicted octanol–water partition coefficient (Wildman–Crippen LogP) is 3.62. The molecule has 8 heteroatoms. The number of aliphatic hydroxyl groups is 1. The van der Waals surface area contributed by atoms with Gasteiger partial charge in [-0.15, -0.1) is 0 Å². The van der Waals surface area contributed by atoms with E-state index in [4.69, 9.17) is 18.9 Å². The highest BCUT2D eigenvalue weighted by atomic mass is 16.7. The minimum Gasteiger partial charge on any atom is -0.457 e. The van der Waals surface area contributed by atoms with E-state index in [1.807, 2.05) is 41.5 Å². The summed E-state index contributed by atoms with van der Waals surface area (Å²) in [5.74, 6) is -1.45. The van der Waals surface area contributed by atoms with Gasteiger partial charge in [-0.3, -0.25) is 9.59 Å². The number of carbonyl (C=O) groups is 3. The van der Waals surface area contributed by atoms with Crippen molar-refractivity contribution in [2.75, 3.05) is 0 Å². The average Bonchev–Trinajstić information content (AvgIpc) is 2.95. The first-order chi connectivity index (χ1) is 12.8. The Bertz CT molecular complexity index is 592. The molecule has 1 N–H and O–H groups in total. The third-order valence-electron chi connectivity index (χ3n) is 6.11. The summed E-state index contributed by atoms with van der Waals surface area (Å²) in [6.45, 7) is 14.1. The van der Waals surface area contributed by atoms with Crippen molar-refractivity contribution in [1.82, 2.24) is 0 Å². The number of carbonyl (C=O) groups excluding carboxylic acids is 3. The maximum atomic E-state index is 11.1. The van der Waals surface area contributed by atoms with Gasteiger partial charge in [0.15, 0.2) is 12.2 Å². The molecule has 30 heavy (non-hydrogen) atoms. The lowest BCUT2D eigenvalue weighted by Gasteiger charge is -2.26. The molecule has 0 aromatic heterocycles. The van der Waals surface area contributed by atoms with Crippen LogP contribution in [-0.2, 0) is 33.3 Å². The number of cyclic esters (lactones) is 1. The summed E-state index contributed by atoms with van der Waals surface area (Å²) >= 11 is 0. The van der Waals surface area contributed by atoms with Gasteiger partial charge in [0.25, 0.3) is 0 Å². The third kappa shape index (κ3) is 6.67. The van der Waals surface area contributed by atoms with E-state index in [-0.39, 0.29) is 26.7 Å². The maximum Gasteiger partial charge on any atom is 0.335 e. The molecule has 2 aliphatic rings.